The van der Waals surface area contributed by atoms with E-state index in [2.05, 4.69) is 5.32 Å². The van der Waals surface area contributed by atoms with Crippen molar-refractivity contribution in [3.05, 3.63) is 60.2 Å². The Hall–Kier alpha value is -3.15. The van der Waals surface area contributed by atoms with Gasteiger partial charge in [0, 0.05) is 0 Å². The molecule has 0 fully saturated rings. The van der Waals surface area contributed by atoms with Crippen LogP contribution in [-0.2, 0) is 19.1 Å². The summed E-state index contributed by atoms with van der Waals surface area (Å²) in [6.07, 6.45) is -0.793. The molecule has 27 heavy (non-hydrogen) atoms. The van der Waals surface area contributed by atoms with E-state index in [1.54, 1.807) is 24.3 Å². The molecule has 0 saturated heterocycles. The summed E-state index contributed by atoms with van der Waals surface area (Å²) in [4.78, 5) is 38.3. The van der Waals surface area contributed by atoms with Crippen LogP contribution in [-0.4, -0.2) is 30.4 Å². The Bertz CT molecular complexity index is 850. The second-order valence-corrected chi connectivity index (χ2v) is 6.64. The fourth-order valence-corrected chi connectivity index (χ4v) is 3.09. The highest BCUT2D eigenvalue weighted by molar-refractivity contribution is 6.11. The summed E-state index contributed by atoms with van der Waals surface area (Å²) >= 11 is 0. The lowest BCUT2D eigenvalue weighted by Crippen LogP contribution is -2.47. The van der Waals surface area contributed by atoms with Crippen LogP contribution in [0, 0.1) is 0 Å². The molecule has 6 nitrogen and oxygen atoms in total. The van der Waals surface area contributed by atoms with Gasteiger partial charge in [0.2, 0.25) is 5.91 Å². The van der Waals surface area contributed by atoms with Gasteiger partial charge in [0.05, 0.1) is 17.8 Å². The van der Waals surface area contributed by atoms with Gasteiger partial charge in [-0.3, -0.25) is 19.3 Å². The minimum absolute atomic E-state index is 0.0116. The van der Waals surface area contributed by atoms with Crippen molar-refractivity contribution in [1.29, 1.82) is 0 Å². The number of anilines is 2. The standard InChI is InChI=1S/C21H22N2O4/c1-14(16-8-4-3-5-9-16)12-20(25)27-15(2)21(26)23-13-19(24)22-17-10-6-7-11-18(17)23/h3-11,14-15H,12-13H2,1-2H3,(H,22,24)/t14-,15-/m1/s1. The van der Waals surface area contributed by atoms with E-state index in [9.17, 15) is 14.4 Å². The topological polar surface area (TPSA) is 75.7 Å². The Balaban J connectivity index is 1.64. The van der Waals surface area contributed by atoms with Gasteiger partial charge in [-0.1, -0.05) is 49.4 Å². The number of hydrogen-bond donors (Lipinski definition) is 1. The molecule has 0 spiro atoms. The molecule has 1 aliphatic rings. The summed E-state index contributed by atoms with van der Waals surface area (Å²) in [6, 6.07) is 16.7. The van der Waals surface area contributed by atoms with E-state index in [4.69, 9.17) is 4.74 Å². The molecular weight excluding hydrogens is 344 g/mol. The molecule has 0 radical (unpaired) electrons. The highest BCUT2D eigenvalue weighted by atomic mass is 16.5. The molecule has 1 aliphatic heterocycles. The third-order valence-corrected chi connectivity index (χ3v) is 4.53. The molecule has 6 heteroatoms. The van der Waals surface area contributed by atoms with Crippen molar-refractivity contribution in [1.82, 2.24) is 0 Å². The molecular formula is C21H22N2O4. The van der Waals surface area contributed by atoms with Gasteiger partial charge in [0.25, 0.3) is 5.91 Å². The van der Waals surface area contributed by atoms with Gasteiger partial charge < -0.3 is 10.1 Å². The van der Waals surface area contributed by atoms with Crippen LogP contribution >= 0.6 is 0 Å². The van der Waals surface area contributed by atoms with Crippen LogP contribution < -0.4 is 10.2 Å². The Morgan fingerprint density at radius 1 is 1.07 bits per heavy atom. The number of para-hydroxylation sites is 2. The second-order valence-electron chi connectivity index (χ2n) is 6.64. The van der Waals surface area contributed by atoms with Gasteiger partial charge >= 0.3 is 5.97 Å². The number of carbonyl (C=O) groups is 3. The predicted octanol–water partition coefficient (Wildman–Crippen LogP) is 3.10. The van der Waals surface area contributed by atoms with Crippen LogP contribution in [0.1, 0.15) is 31.7 Å². The number of nitrogens with one attached hydrogen (secondary N) is 1. The third kappa shape index (κ3) is 4.34. The van der Waals surface area contributed by atoms with Gasteiger partial charge in [-0.05, 0) is 30.5 Å². The number of fused-ring (bicyclic) bond motifs is 1. The van der Waals surface area contributed by atoms with Crippen LogP contribution in [0.2, 0.25) is 0 Å². The van der Waals surface area contributed by atoms with Crippen molar-refractivity contribution in [2.75, 3.05) is 16.8 Å². The van der Waals surface area contributed by atoms with Gasteiger partial charge in [0.1, 0.15) is 6.54 Å². The van der Waals surface area contributed by atoms with Crippen molar-refractivity contribution in [2.45, 2.75) is 32.3 Å². The van der Waals surface area contributed by atoms with Crippen molar-refractivity contribution < 1.29 is 19.1 Å². The lowest BCUT2D eigenvalue weighted by Gasteiger charge is -2.30. The number of carbonyl (C=O) groups excluding carboxylic acids is 3. The van der Waals surface area contributed by atoms with Gasteiger partial charge in [0.15, 0.2) is 6.10 Å². The molecule has 3 rings (SSSR count). The first-order valence-electron chi connectivity index (χ1n) is 8.90. The van der Waals surface area contributed by atoms with Gasteiger partial charge in [-0.15, -0.1) is 0 Å². The Morgan fingerprint density at radius 3 is 2.48 bits per heavy atom. The molecule has 0 aromatic heterocycles. The first kappa shape index (κ1) is 18.6. The van der Waals surface area contributed by atoms with E-state index in [0.717, 1.165) is 5.56 Å². The van der Waals surface area contributed by atoms with Gasteiger partial charge in [-0.25, -0.2) is 0 Å². The zero-order valence-corrected chi connectivity index (χ0v) is 15.3. The third-order valence-electron chi connectivity index (χ3n) is 4.53. The molecule has 0 bridgehead atoms. The molecule has 2 aromatic rings. The van der Waals surface area contributed by atoms with Crippen LogP contribution in [0.5, 0.6) is 0 Å². The smallest absolute Gasteiger partial charge is 0.307 e. The van der Waals surface area contributed by atoms with Crippen molar-refractivity contribution in [2.24, 2.45) is 0 Å². The fourth-order valence-electron chi connectivity index (χ4n) is 3.09. The predicted molar refractivity (Wildman–Crippen MR) is 102 cm³/mol. The summed E-state index contributed by atoms with van der Waals surface area (Å²) in [7, 11) is 0. The summed E-state index contributed by atoms with van der Waals surface area (Å²) in [6.45, 7) is 3.37. The number of rotatable bonds is 5. The number of hydrogen-bond acceptors (Lipinski definition) is 4. The lowest BCUT2D eigenvalue weighted by molar-refractivity contribution is -0.154. The maximum absolute atomic E-state index is 12.8. The average molecular weight is 366 g/mol. The minimum atomic E-state index is -0.973. The molecule has 2 aromatic carbocycles. The Morgan fingerprint density at radius 2 is 1.74 bits per heavy atom. The van der Waals surface area contributed by atoms with E-state index < -0.39 is 18.0 Å². The molecule has 2 atom stereocenters. The highest BCUT2D eigenvalue weighted by Crippen LogP contribution is 2.29. The summed E-state index contributed by atoms with van der Waals surface area (Å²) in [5.41, 5.74) is 2.20. The van der Waals surface area contributed by atoms with Crippen molar-refractivity contribution in [3.8, 4) is 0 Å². The molecule has 1 heterocycles. The zero-order chi connectivity index (χ0) is 19.4. The summed E-state index contributed by atoms with van der Waals surface area (Å²) in [5.74, 6) is -1.15. The quantitative estimate of drug-likeness (QED) is 0.825. The molecule has 0 unspecified atom stereocenters. The highest BCUT2D eigenvalue weighted by Gasteiger charge is 2.31. The number of amides is 2. The van der Waals surface area contributed by atoms with Crippen molar-refractivity contribution >= 4 is 29.2 Å². The maximum atomic E-state index is 12.8. The monoisotopic (exact) mass is 366 g/mol. The van der Waals surface area contributed by atoms with Crippen molar-refractivity contribution in [3.63, 3.8) is 0 Å². The fraction of sp³-hybridized carbons (Fsp3) is 0.286. The number of ether oxygens (including phenoxy) is 1. The van der Waals surface area contributed by atoms with Crippen LogP contribution in [0.25, 0.3) is 0 Å². The molecule has 0 saturated carbocycles. The second kappa shape index (κ2) is 8.03. The Kier molecular flexibility index (Phi) is 5.54. The van der Waals surface area contributed by atoms with Crippen LogP contribution in [0.15, 0.2) is 54.6 Å². The molecule has 0 aliphatic carbocycles. The summed E-state index contributed by atoms with van der Waals surface area (Å²) in [5, 5.41) is 2.73. The SMILES string of the molecule is C[C@H](CC(=O)O[C@H](C)C(=O)N1CC(=O)Nc2ccccc21)c1ccccc1. The first-order chi connectivity index (χ1) is 13.0. The van der Waals surface area contributed by atoms with E-state index >= 15 is 0 Å². The van der Waals surface area contributed by atoms with E-state index in [0.29, 0.717) is 11.4 Å². The average Bonchev–Trinajstić information content (AvgIpc) is 2.67. The Labute approximate surface area is 158 Å². The molecule has 1 N–H and O–H groups in total. The summed E-state index contributed by atoms with van der Waals surface area (Å²) < 4.78 is 5.35. The number of nitrogens with zero attached hydrogens (tertiary/aromatic N) is 1. The van der Waals surface area contributed by atoms with Crippen LogP contribution in [0.4, 0.5) is 11.4 Å². The van der Waals surface area contributed by atoms with E-state index in [1.165, 1.54) is 11.8 Å². The zero-order valence-electron chi connectivity index (χ0n) is 15.3. The largest absolute Gasteiger partial charge is 0.453 e. The number of esters is 1. The molecule has 2 amide bonds. The normalized spacial score (nSPS) is 15.3. The van der Waals surface area contributed by atoms with Crippen LogP contribution in [0.3, 0.4) is 0 Å². The lowest BCUT2D eigenvalue weighted by atomic mass is 9.98. The molecule has 140 valence electrons. The minimum Gasteiger partial charge on any atom is -0.453 e. The van der Waals surface area contributed by atoms with E-state index in [-0.39, 0.29) is 24.8 Å². The number of benzene rings is 2. The maximum Gasteiger partial charge on any atom is 0.307 e. The van der Waals surface area contributed by atoms with E-state index in [1.807, 2.05) is 37.3 Å². The first-order valence-corrected chi connectivity index (χ1v) is 8.90. The van der Waals surface area contributed by atoms with Gasteiger partial charge in [-0.2, -0.15) is 0 Å².